The van der Waals surface area contributed by atoms with Gasteiger partial charge in [-0.2, -0.15) is 0 Å². The number of hydrogen-bond acceptors (Lipinski definition) is 1. The summed E-state index contributed by atoms with van der Waals surface area (Å²) in [6.45, 7) is 1.78. The number of anilines is 1. The molecule has 0 bridgehead atoms. The Balaban J connectivity index is 2.28. The van der Waals surface area contributed by atoms with Gasteiger partial charge in [0.2, 0.25) is 0 Å². The van der Waals surface area contributed by atoms with Gasteiger partial charge in [0.25, 0.3) is 5.91 Å². The third kappa shape index (κ3) is 3.46. The molecule has 2 nitrogen and oxygen atoms in total. The van der Waals surface area contributed by atoms with Crippen LogP contribution in [0.3, 0.4) is 0 Å². The van der Waals surface area contributed by atoms with Crippen LogP contribution in [0.5, 0.6) is 0 Å². The molecule has 2 aromatic carbocycles. The van der Waals surface area contributed by atoms with Gasteiger partial charge in [0, 0.05) is 21.3 Å². The number of nitrogens with one attached hydrogen (secondary N) is 1. The number of carbonyl (C=O) groups excluding carboxylic acids is 1. The maximum atomic E-state index is 13.1. The van der Waals surface area contributed by atoms with E-state index >= 15 is 0 Å². The van der Waals surface area contributed by atoms with Crippen LogP contribution in [-0.4, -0.2) is 5.91 Å². The fourth-order valence-electron chi connectivity index (χ4n) is 1.61. The van der Waals surface area contributed by atoms with Crippen molar-refractivity contribution in [1.82, 2.24) is 0 Å². The fraction of sp³-hybridized carbons (Fsp3) is 0.0714. The first-order valence-electron chi connectivity index (χ1n) is 5.49. The lowest BCUT2D eigenvalue weighted by molar-refractivity contribution is 0.102. The number of halogens is 3. The Kier molecular flexibility index (Phi) is 4.08. The first kappa shape index (κ1) is 13.8. The summed E-state index contributed by atoms with van der Waals surface area (Å²) in [5, 5.41) is 3.36. The molecule has 5 heteroatoms. The Bertz CT molecular complexity index is 623. The molecule has 0 spiro atoms. The maximum Gasteiger partial charge on any atom is 0.255 e. The predicted molar refractivity (Wildman–Crippen MR) is 75.6 cm³/mol. The van der Waals surface area contributed by atoms with Crippen molar-refractivity contribution in [2.24, 2.45) is 0 Å². The Labute approximate surface area is 120 Å². The lowest BCUT2D eigenvalue weighted by atomic mass is 10.1. The van der Waals surface area contributed by atoms with E-state index in [0.29, 0.717) is 21.3 Å². The minimum Gasteiger partial charge on any atom is -0.322 e. The average Bonchev–Trinajstić information content (AvgIpc) is 2.32. The summed E-state index contributed by atoms with van der Waals surface area (Å²) in [5.74, 6) is -0.803. The van der Waals surface area contributed by atoms with Gasteiger partial charge < -0.3 is 5.32 Å². The second-order valence-electron chi connectivity index (χ2n) is 4.07. The maximum absolute atomic E-state index is 13.1. The highest BCUT2D eigenvalue weighted by Crippen LogP contribution is 2.21. The average molecular weight is 298 g/mol. The molecule has 19 heavy (non-hydrogen) atoms. The Morgan fingerprint density at radius 3 is 2.37 bits per heavy atom. The van der Waals surface area contributed by atoms with Crippen LogP contribution >= 0.6 is 23.2 Å². The molecular formula is C14H10Cl2FNO. The standard InChI is InChI=1S/C14H10Cl2FNO/c1-8-2-3-12(17)7-13(8)18-14(19)9-4-10(15)6-11(16)5-9/h2-7H,1H3,(H,18,19). The Morgan fingerprint density at radius 2 is 1.74 bits per heavy atom. The van der Waals surface area contributed by atoms with E-state index < -0.39 is 11.7 Å². The quantitative estimate of drug-likeness (QED) is 0.856. The second kappa shape index (κ2) is 5.59. The van der Waals surface area contributed by atoms with E-state index in [1.54, 1.807) is 13.0 Å². The molecule has 0 aliphatic rings. The van der Waals surface area contributed by atoms with Gasteiger partial charge >= 0.3 is 0 Å². The summed E-state index contributed by atoms with van der Waals surface area (Å²) in [7, 11) is 0. The molecule has 0 saturated heterocycles. The molecule has 98 valence electrons. The van der Waals surface area contributed by atoms with E-state index in [2.05, 4.69) is 5.32 Å². The van der Waals surface area contributed by atoms with E-state index in [4.69, 9.17) is 23.2 Å². The van der Waals surface area contributed by atoms with E-state index in [-0.39, 0.29) is 0 Å². The van der Waals surface area contributed by atoms with Crippen molar-refractivity contribution in [3.8, 4) is 0 Å². The fourth-order valence-corrected chi connectivity index (χ4v) is 2.13. The van der Waals surface area contributed by atoms with Crippen LogP contribution in [-0.2, 0) is 0 Å². The summed E-state index contributed by atoms with van der Waals surface area (Å²) in [5.41, 5.74) is 1.50. The first-order valence-corrected chi connectivity index (χ1v) is 6.25. The third-order valence-electron chi connectivity index (χ3n) is 2.57. The van der Waals surface area contributed by atoms with Crippen molar-refractivity contribution >= 4 is 34.8 Å². The zero-order chi connectivity index (χ0) is 14.0. The Hall–Kier alpha value is -1.58. The summed E-state index contributed by atoms with van der Waals surface area (Å²) in [6, 6.07) is 8.72. The third-order valence-corrected chi connectivity index (χ3v) is 3.01. The monoisotopic (exact) mass is 297 g/mol. The lowest BCUT2D eigenvalue weighted by Crippen LogP contribution is -2.13. The van der Waals surface area contributed by atoms with Crippen LogP contribution in [0.25, 0.3) is 0 Å². The summed E-state index contributed by atoms with van der Waals surface area (Å²) < 4.78 is 13.1. The predicted octanol–water partition coefficient (Wildman–Crippen LogP) is 4.69. The van der Waals surface area contributed by atoms with Crippen LogP contribution in [0, 0.1) is 12.7 Å². The van der Waals surface area contributed by atoms with E-state index in [1.165, 1.54) is 30.3 Å². The molecule has 2 rings (SSSR count). The molecule has 0 saturated carbocycles. The van der Waals surface area contributed by atoms with Gasteiger partial charge in [0.1, 0.15) is 5.82 Å². The van der Waals surface area contributed by atoms with Gasteiger partial charge in [0.15, 0.2) is 0 Å². The molecule has 1 amide bonds. The highest BCUT2D eigenvalue weighted by molar-refractivity contribution is 6.35. The van der Waals surface area contributed by atoms with Crippen LogP contribution < -0.4 is 5.32 Å². The molecule has 1 N–H and O–H groups in total. The highest BCUT2D eigenvalue weighted by atomic mass is 35.5. The van der Waals surface area contributed by atoms with E-state index in [9.17, 15) is 9.18 Å². The van der Waals surface area contributed by atoms with E-state index in [1.807, 2.05) is 0 Å². The Morgan fingerprint density at radius 1 is 1.11 bits per heavy atom. The molecule has 0 unspecified atom stereocenters. The normalized spacial score (nSPS) is 10.3. The number of carbonyl (C=O) groups is 1. The van der Waals surface area contributed by atoms with Gasteiger partial charge in [0.05, 0.1) is 0 Å². The molecule has 0 fully saturated rings. The number of rotatable bonds is 2. The molecule has 0 aliphatic carbocycles. The van der Waals surface area contributed by atoms with E-state index in [0.717, 1.165) is 5.56 Å². The molecular weight excluding hydrogens is 288 g/mol. The second-order valence-corrected chi connectivity index (χ2v) is 4.94. The smallest absolute Gasteiger partial charge is 0.255 e. The molecule has 0 aliphatic heterocycles. The molecule has 0 aromatic heterocycles. The summed E-state index contributed by atoms with van der Waals surface area (Å²) >= 11 is 11.7. The SMILES string of the molecule is Cc1ccc(F)cc1NC(=O)c1cc(Cl)cc(Cl)c1. The first-order chi connectivity index (χ1) is 8.95. The minimum atomic E-state index is -0.412. The molecule has 0 heterocycles. The number of amides is 1. The van der Waals surface area contributed by atoms with Crippen LogP contribution in [0.2, 0.25) is 10.0 Å². The topological polar surface area (TPSA) is 29.1 Å². The van der Waals surface area contributed by atoms with Gasteiger partial charge in [-0.3, -0.25) is 4.79 Å². The van der Waals surface area contributed by atoms with Crippen molar-refractivity contribution in [2.75, 3.05) is 5.32 Å². The van der Waals surface area contributed by atoms with Crippen molar-refractivity contribution in [2.45, 2.75) is 6.92 Å². The summed E-state index contributed by atoms with van der Waals surface area (Å²) in [4.78, 5) is 12.0. The van der Waals surface area contributed by atoms with Gasteiger partial charge in [-0.1, -0.05) is 29.3 Å². The summed E-state index contributed by atoms with van der Waals surface area (Å²) in [6.07, 6.45) is 0. The van der Waals surface area contributed by atoms with Crippen molar-refractivity contribution in [1.29, 1.82) is 0 Å². The lowest BCUT2D eigenvalue weighted by Gasteiger charge is -2.09. The zero-order valence-electron chi connectivity index (χ0n) is 10.0. The van der Waals surface area contributed by atoms with Crippen molar-refractivity contribution in [3.63, 3.8) is 0 Å². The number of aryl methyl sites for hydroxylation is 1. The zero-order valence-corrected chi connectivity index (χ0v) is 11.5. The highest BCUT2D eigenvalue weighted by Gasteiger charge is 2.10. The van der Waals surface area contributed by atoms with Crippen molar-refractivity contribution < 1.29 is 9.18 Å². The molecule has 0 radical (unpaired) electrons. The van der Waals surface area contributed by atoms with Gasteiger partial charge in [-0.25, -0.2) is 4.39 Å². The number of hydrogen-bond donors (Lipinski definition) is 1. The largest absolute Gasteiger partial charge is 0.322 e. The van der Waals surface area contributed by atoms with Gasteiger partial charge in [-0.05, 0) is 42.8 Å². The van der Waals surface area contributed by atoms with Crippen LogP contribution in [0.1, 0.15) is 15.9 Å². The van der Waals surface area contributed by atoms with Crippen LogP contribution in [0.15, 0.2) is 36.4 Å². The number of benzene rings is 2. The molecule has 0 atom stereocenters. The van der Waals surface area contributed by atoms with Gasteiger partial charge in [-0.15, -0.1) is 0 Å². The molecule has 2 aromatic rings. The minimum absolute atomic E-state index is 0.321. The van der Waals surface area contributed by atoms with Crippen molar-refractivity contribution in [3.05, 3.63) is 63.4 Å². The van der Waals surface area contributed by atoms with Crippen LogP contribution in [0.4, 0.5) is 10.1 Å².